The standard InChI is InChI=1S/C20H31N/c1-19(2)12-8-16(9-13-19)17-6-5-7-18(14-17)20(15-21)10-3-4-11-20/h5-7,14,16H,3-4,8-13,15,21H2,1-2H3. The second kappa shape index (κ2) is 5.76. The summed E-state index contributed by atoms with van der Waals surface area (Å²) in [4.78, 5) is 0. The molecule has 0 aromatic heterocycles. The van der Waals surface area contributed by atoms with E-state index in [4.69, 9.17) is 5.73 Å². The van der Waals surface area contributed by atoms with Crippen LogP contribution in [0.15, 0.2) is 24.3 Å². The van der Waals surface area contributed by atoms with Crippen LogP contribution in [0.25, 0.3) is 0 Å². The summed E-state index contributed by atoms with van der Waals surface area (Å²) >= 11 is 0. The lowest BCUT2D eigenvalue weighted by atomic mass is 9.70. The third kappa shape index (κ3) is 3.04. The van der Waals surface area contributed by atoms with Crippen LogP contribution in [0.3, 0.4) is 0 Å². The summed E-state index contributed by atoms with van der Waals surface area (Å²) < 4.78 is 0. The van der Waals surface area contributed by atoms with Crippen molar-refractivity contribution in [3.63, 3.8) is 0 Å². The minimum Gasteiger partial charge on any atom is -0.330 e. The SMILES string of the molecule is CC1(C)CCC(c2cccc(C3(CN)CCCC3)c2)CC1. The van der Waals surface area contributed by atoms with E-state index in [9.17, 15) is 0 Å². The molecule has 21 heavy (non-hydrogen) atoms. The number of hydrogen-bond donors (Lipinski definition) is 1. The van der Waals surface area contributed by atoms with Crippen molar-refractivity contribution in [2.75, 3.05) is 6.54 Å². The van der Waals surface area contributed by atoms with Gasteiger partial charge >= 0.3 is 0 Å². The molecule has 3 rings (SSSR count). The van der Waals surface area contributed by atoms with E-state index in [2.05, 4.69) is 38.1 Å². The van der Waals surface area contributed by atoms with E-state index in [1.165, 1.54) is 56.9 Å². The normalized spacial score (nSPS) is 25.1. The highest BCUT2D eigenvalue weighted by molar-refractivity contribution is 5.33. The van der Waals surface area contributed by atoms with Crippen molar-refractivity contribution >= 4 is 0 Å². The quantitative estimate of drug-likeness (QED) is 0.817. The predicted octanol–water partition coefficient (Wildman–Crippen LogP) is 5.14. The summed E-state index contributed by atoms with van der Waals surface area (Å²) in [5.41, 5.74) is 10.1. The molecular formula is C20H31N. The lowest BCUT2D eigenvalue weighted by molar-refractivity contribution is 0.224. The molecule has 0 bridgehead atoms. The van der Waals surface area contributed by atoms with E-state index < -0.39 is 0 Å². The van der Waals surface area contributed by atoms with Crippen molar-refractivity contribution in [3.8, 4) is 0 Å². The van der Waals surface area contributed by atoms with Crippen molar-refractivity contribution in [1.82, 2.24) is 0 Å². The van der Waals surface area contributed by atoms with Gasteiger partial charge in [0.15, 0.2) is 0 Å². The molecule has 0 atom stereocenters. The first kappa shape index (κ1) is 15.1. The van der Waals surface area contributed by atoms with E-state index in [-0.39, 0.29) is 5.41 Å². The van der Waals surface area contributed by atoms with Gasteiger partial charge in [0.05, 0.1) is 0 Å². The molecule has 1 aromatic carbocycles. The minimum atomic E-state index is 0.282. The molecule has 116 valence electrons. The molecule has 0 heterocycles. The first-order valence-corrected chi connectivity index (χ1v) is 8.85. The summed E-state index contributed by atoms with van der Waals surface area (Å²) in [7, 11) is 0. The maximum atomic E-state index is 6.16. The lowest BCUT2D eigenvalue weighted by Crippen LogP contribution is -2.32. The van der Waals surface area contributed by atoms with E-state index in [1.807, 2.05) is 0 Å². The number of hydrogen-bond acceptors (Lipinski definition) is 1. The van der Waals surface area contributed by atoms with E-state index in [0.717, 1.165) is 12.5 Å². The molecule has 0 saturated heterocycles. The molecule has 2 aliphatic rings. The van der Waals surface area contributed by atoms with Gasteiger partial charge in [0.2, 0.25) is 0 Å². The summed E-state index contributed by atoms with van der Waals surface area (Å²) in [5, 5.41) is 0. The van der Waals surface area contributed by atoms with Gasteiger partial charge in [0.25, 0.3) is 0 Å². The van der Waals surface area contributed by atoms with Crippen molar-refractivity contribution in [3.05, 3.63) is 35.4 Å². The van der Waals surface area contributed by atoms with Crippen molar-refractivity contribution in [2.45, 2.75) is 76.5 Å². The zero-order chi connectivity index (χ0) is 14.9. The summed E-state index contributed by atoms with van der Waals surface area (Å²) in [6.45, 7) is 5.65. The molecule has 0 amide bonds. The van der Waals surface area contributed by atoms with Gasteiger partial charge in [0, 0.05) is 12.0 Å². The molecule has 2 saturated carbocycles. The first-order valence-electron chi connectivity index (χ1n) is 8.85. The fraction of sp³-hybridized carbons (Fsp3) is 0.700. The van der Waals surface area contributed by atoms with Crippen LogP contribution in [0, 0.1) is 5.41 Å². The van der Waals surface area contributed by atoms with Gasteiger partial charge in [-0.2, -0.15) is 0 Å². The number of benzene rings is 1. The minimum absolute atomic E-state index is 0.282. The van der Waals surface area contributed by atoms with Crippen LogP contribution in [0.1, 0.15) is 82.3 Å². The largest absolute Gasteiger partial charge is 0.330 e. The molecule has 2 aliphatic carbocycles. The summed E-state index contributed by atoms with van der Waals surface area (Å²) in [6, 6.07) is 9.46. The van der Waals surface area contributed by atoms with Crippen LogP contribution in [0.4, 0.5) is 0 Å². The third-order valence-electron chi connectivity index (χ3n) is 6.26. The zero-order valence-electron chi connectivity index (χ0n) is 13.8. The monoisotopic (exact) mass is 285 g/mol. The van der Waals surface area contributed by atoms with E-state index in [0.29, 0.717) is 5.41 Å². The first-order chi connectivity index (χ1) is 10.0. The van der Waals surface area contributed by atoms with Gasteiger partial charge in [0.1, 0.15) is 0 Å². The Labute approximate surface area is 130 Å². The maximum Gasteiger partial charge on any atom is 0.00756 e. The Morgan fingerprint density at radius 2 is 1.71 bits per heavy atom. The van der Waals surface area contributed by atoms with Crippen molar-refractivity contribution in [2.24, 2.45) is 11.1 Å². The van der Waals surface area contributed by atoms with Crippen molar-refractivity contribution in [1.29, 1.82) is 0 Å². The molecule has 2 fully saturated rings. The lowest BCUT2D eigenvalue weighted by Gasteiger charge is -2.35. The molecule has 0 radical (unpaired) electrons. The molecule has 2 N–H and O–H groups in total. The van der Waals surface area contributed by atoms with Gasteiger partial charge in [-0.25, -0.2) is 0 Å². The van der Waals surface area contributed by atoms with E-state index >= 15 is 0 Å². The Hall–Kier alpha value is -0.820. The molecule has 1 heteroatoms. The fourth-order valence-electron chi connectivity index (χ4n) is 4.52. The highest BCUT2D eigenvalue weighted by Gasteiger charge is 2.35. The number of rotatable bonds is 3. The van der Waals surface area contributed by atoms with Gasteiger partial charge < -0.3 is 5.73 Å². The fourth-order valence-corrected chi connectivity index (χ4v) is 4.52. The predicted molar refractivity (Wildman–Crippen MR) is 90.6 cm³/mol. The van der Waals surface area contributed by atoms with Crippen LogP contribution in [-0.2, 0) is 5.41 Å². The van der Waals surface area contributed by atoms with Crippen LogP contribution in [0.2, 0.25) is 0 Å². The topological polar surface area (TPSA) is 26.0 Å². The van der Waals surface area contributed by atoms with Gasteiger partial charge in [-0.3, -0.25) is 0 Å². The summed E-state index contributed by atoms with van der Waals surface area (Å²) in [5.74, 6) is 0.772. The summed E-state index contributed by atoms with van der Waals surface area (Å²) in [6.07, 6.45) is 10.7. The Kier molecular flexibility index (Phi) is 4.14. The molecule has 1 nitrogen and oxygen atoms in total. The average Bonchev–Trinajstić information content (AvgIpc) is 2.97. The Morgan fingerprint density at radius 1 is 1.05 bits per heavy atom. The van der Waals surface area contributed by atoms with E-state index in [1.54, 1.807) is 5.56 Å². The van der Waals surface area contributed by atoms with Crippen LogP contribution in [0.5, 0.6) is 0 Å². The van der Waals surface area contributed by atoms with Crippen LogP contribution >= 0.6 is 0 Å². The second-order valence-electron chi connectivity index (χ2n) is 8.26. The van der Waals surface area contributed by atoms with Crippen LogP contribution in [-0.4, -0.2) is 6.54 Å². The van der Waals surface area contributed by atoms with Gasteiger partial charge in [-0.15, -0.1) is 0 Å². The Balaban J connectivity index is 1.80. The molecule has 0 spiro atoms. The Bertz CT molecular complexity index is 472. The molecule has 1 aromatic rings. The second-order valence-corrected chi connectivity index (χ2v) is 8.26. The smallest absolute Gasteiger partial charge is 0.00756 e. The highest BCUT2D eigenvalue weighted by atomic mass is 14.6. The zero-order valence-corrected chi connectivity index (χ0v) is 13.8. The van der Waals surface area contributed by atoms with Crippen LogP contribution < -0.4 is 5.73 Å². The molecule has 0 unspecified atom stereocenters. The van der Waals surface area contributed by atoms with Gasteiger partial charge in [-0.1, -0.05) is 51.0 Å². The Morgan fingerprint density at radius 3 is 2.33 bits per heavy atom. The molecule has 0 aliphatic heterocycles. The average molecular weight is 285 g/mol. The highest BCUT2D eigenvalue weighted by Crippen LogP contribution is 2.44. The number of nitrogens with two attached hydrogens (primary N) is 1. The van der Waals surface area contributed by atoms with Crippen molar-refractivity contribution < 1.29 is 0 Å². The maximum absolute atomic E-state index is 6.16. The third-order valence-corrected chi connectivity index (χ3v) is 6.26. The molecular weight excluding hydrogens is 254 g/mol. The van der Waals surface area contributed by atoms with Gasteiger partial charge in [-0.05, 0) is 61.0 Å².